The van der Waals surface area contributed by atoms with Gasteiger partial charge in [0.1, 0.15) is 12.4 Å². The number of aryl methyl sites for hydroxylation is 1. The lowest BCUT2D eigenvalue weighted by molar-refractivity contribution is -0.133. The summed E-state index contributed by atoms with van der Waals surface area (Å²) in [4.78, 5) is 35.7. The number of likely N-dealkylation sites (tertiary alicyclic amines) is 2. The number of nitrogens with one attached hydrogen (secondary N) is 1. The Morgan fingerprint density at radius 3 is 2.68 bits per heavy atom. The number of aromatic nitrogens is 6. The molecule has 150 valence electrons. The molecule has 2 aliphatic heterocycles. The van der Waals surface area contributed by atoms with Crippen molar-refractivity contribution in [1.82, 2.24) is 40.0 Å². The molecular formula is C18H26N8O2. The fourth-order valence-corrected chi connectivity index (χ4v) is 4.06. The molecule has 2 fully saturated rings. The summed E-state index contributed by atoms with van der Waals surface area (Å²) in [6, 6.07) is 1.57. The van der Waals surface area contributed by atoms with Crippen LogP contribution in [-0.4, -0.2) is 72.1 Å². The molecule has 4 heterocycles. The minimum Gasteiger partial charge on any atom is -0.341 e. The van der Waals surface area contributed by atoms with Crippen LogP contribution in [0.3, 0.4) is 0 Å². The molecule has 0 bridgehead atoms. The van der Waals surface area contributed by atoms with E-state index in [1.165, 1.54) is 12.8 Å². The van der Waals surface area contributed by atoms with Gasteiger partial charge in [-0.15, -0.1) is 5.10 Å². The molecule has 1 N–H and O–H groups in total. The standard InChI is InChI=1S/C18H26N8O2/c1-13-19-15(10-17(27)20-13)14-4-8-25(9-5-14)18(28)12-26-16(21-22-23-26)11-24-6-2-3-7-24/h10,14H,2-9,11-12H2,1H3,(H,19,20,27). The molecule has 2 aliphatic rings. The lowest BCUT2D eigenvalue weighted by Gasteiger charge is -2.31. The summed E-state index contributed by atoms with van der Waals surface area (Å²) in [6.07, 6.45) is 4.02. The monoisotopic (exact) mass is 386 g/mol. The fourth-order valence-electron chi connectivity index (χ4n) is 4.06. The molecule has 0 aliphatic carbocycles. The number of H-pyrrole nitrogens is 1. The van der Waals surface area contributed by atoms with Gasteiger partial charge in [-0.25, -0.2) is 9.67 Å². The van der Waals surface area contributed by atoms with Crippen molar-refractivity contribution >= 4 is 5.91 Å². The van der Waals surface area contributed by atoms with Crippen molar-refractivity contribution in [3.05, 3.63) is 33.8 Å². The van der Waals surface area contributed by atoms with Gasteiger partial charge in [-0.05, 0) is 56.1 Å². The van der Waals surface area contributed by atoms with Crippen molar-refractivity contribution in [1.29, 1.82) is 0 Å². The van der Waals surface area contributed by atoms with Gasteiger partial charge in [0.25, 0.3) is 5.56 Å². The van der Waals surface area contributed by atoms with Crippen molar-refractivity contribution < 1.29 is 4.79 Å². The highest BCUT2D eigenvalue weighted by molar-refractivity contribution is 5.76. The third-order valence-electron chi connectivity index (χ3n) is 5.60. The van der Waals surface area contributed by atoms with Gasteiger partial charge < -0.3 is 9.88 Å². The minimum absolute atomic E-state index is 0.0310. The van der Waals surface area contributed by atoms with Gasteiger partial charge in [0.05, 0.1) is 12.2 Å². The van der Waals surface area contributed by atoms with Crippen molar-refractivity contribution in [2.75, 3.05) is 26.2 Å². The first-order chi connectivity index (χ1) is 13.6. The number of nitrogens with zero attached hydrogens (tertiary/aromatic N) is 7. The Labute approximate surface area is 162 Å². The SMILES string of the molecule is Cc1nc(C2CCN(C(=O)Cn3nnnc3CN3CCCC3)CC2)cc(=O)[nH]1. The molecule has 0 unspecified atom stereocenters. The van der Waals surface area contributed by atoms with Crippen LogP contribution in [0.4, 0.5) is 0 Å². The lowest BCUT2D eigenvalue weighted by atomic mass is 9.93. The zero-order valence-electron chi connectivity index (χ0n) is 16.2. The van der Waals surface area contributed by atoms with Gasteiger partial charge in [0.15, 0.2) is 5.82 Å². The van der Waals surface area contributed by atoms with Crippen LogP contribution in [0.25, 0.3) is 0 Å². The summed E-state index contributed by atoms with van der Waals surface area (Å²) in [5.74, 6) is 1.62. The second-order valence-corrected chi connectivity index (χ2v) is 7.65. The predicted octanol–water partition coefficient (Wildman–Crippen LogP) is 0.0668. The van der Waals surface area contributed by atoms with Gasteiger partial charge >= 0.3 is 0 Å². The van der Waals surface area contributed by atoms with Crippen LogP contribution in [0.1, 0.15) is 48.9 Å². The summed E-state index contributed by atoms with van der Waals surface area (Å²) >= 11 is 0. The van der Waals surface area contributed by atoms with Crippen LogP contribution in [0, 0.1) is 6.92 Å². The normalized spacial score (nSPS) is 18.7. The lowest BCUT2D eigenvalue weighted by Crippen LogP contribution is -2.40. The highest BCUT2D eigenvalue weighted by Gasteiger charge is 2.26. The largest absolute Gasteiger partial charge is 0.341 e. The Bertz CT molecular complexity index is 878. The van der Waals surface area contributed by atoms with Crippen molar-refractivity contribution in [2.24, 2.45) is 0 Å². The van der Waals surface area contributed by atoms with Crippen LogP contribution in [-0.2, 0) is 17.9 Å². The maximum absolute atomic E-state index is 12.7. The van der Waals surface area contributed by atoms with E-state index in [0.29, 0.717) is 25.5 Å². The highest BCUT2D eigenvalue weighted by atomic mass is 16.2. The molecule has 2 aromatic rings. The van der Waals surface area contributed by atoms with E-state index in [2.05, 4.69) is 30.4 Å². The Hall–Kier alpha value is -2.62. The van der Waals surface area contributed by atoms with Crippen molar-refractivity contribution in [2.45, 2.75) is 51.6 Å². The summed E-state index contributed by atoms with van der Waals surface area (Å²) in [5.41, 5.74) is 0.701. The first-order valence-corrected chi connectivity index (χ1v) is 9.91. The second-order valence-electron chi connectivity index (χ2n) is 7.65. The molecule has 0 spiro atoms. The number of carbonyl (C=O) groups excluding carboxylic acids is 1. The Balaban J connectivity index is 1.33. The van der Waals surface area contributed by atoms with Gasteiger partial charge in [-0.1, -0.05) is 0 Å². The molecule has 0 saturated carbocycles. The predicted molar refractivity (Wildman–Crippen MR) is 100 cm³/mol. The molecule has 2 saturated heterocycles. The molecule has 10 nitrogen and oxygen atoms in total. The van der Waals surface area contributed by atoms with E-state index in [9.17, 15) is 9.59 Å². The quantitative estimate of drug-likeness (QED) is 0.773. The number of rotatable bonds is 5. The van der Waals surface area contributed by atoms with Crippen LogP contribution < -0.4 is 5.56 Å². The number of hydrogen-bond acceptors (Lipinski definition) is 7. The number of carbonyl (C=O) groups is 1. The van der Waals surface area contributed by atoms with Crippen LogP contribution in [0.2, 0.25) is 0 Å². The molecular weight excluding hydrogens is 360 g/mol. The summed E-state index contributed by atoms with van der Waals surface area (Å²) < 4.78 is 1.62. The van der Waals surface area contributed by atoms with Crippen molar-refractivity contribution in [3.8, 4) is 0 Å². The minimum atomic E-state index is -0.120. The molecule has 2 aromatic heterocycles. The third kappa shape index (κ3) is 4.27. The molecule has 0 aromatic carbocycles. The molecule has 28 heavy (non-hydrogen) atoms. The summed E-state index contributed by atoms with van der Waals surface area (Å²) in [7, 11) is 0. The number of hydrogen-bond donors (Lipinski definition) is 1. The average molecular weight is 386 g/mol. The van der Waals surface area contributed by atoms with E-state index >= 15 is 0 Å². The average Bonchev–Trinajstić information content (AvgIpc) is 3.34. The third-order valence-corrected chi connectivity index (χ3v) is 5.60. The molecule has 4 rings (SSSR count). The molecule has 1 amide bonds. The number of piperidine rings is 1. The van der Waals surface area contributed by atoms with E-state index in [4.69, 9.17) is 0 Å². The molecule has 0 radical (unpaired) electrons. The first-order valence-electron chi connectivity index (χ1n) is 9.91. The number of amides is 1. The number of tetrazole rings is 1. The maximum atomic E-state index is 12.7. The van der Waals surface area contributed by atoms with E-state index in [0.717, 1.165) is 37.4 Å². The molecule has 0 atom stereocenters. The Morgan fingerprint density at radius 2 is 1.96 bits per heavy atom. The smallest absolute Gasteiger partial charge is 0.251 e. The maximum Gasteiger partial charge on any atom is 0.251 e. The fraction of sp³-hybridized carbons (Fsp3) is 0.667. The summed E-state index contributed by atoms with van der Waals surface area (Å²) in [6.45, 7) is 6.07. The van der Waals surface area contributed by atoms with Crippen LogP contribution in [0.5, 0.6) is 0 Å². The number of aromatic amines is 1. The van der Waals surface area contributed by atoms with Gasteiger partial charge in [0, 0.05) is 25.1 Å². The van der Waals surface area contributed by atoms with Gasteiger partial charge in [0.2, 0.25) is 5.91 Å². The van der Waals surface area contributed by atoms with Gasteiger partial charge in [-0.3, -0.25) is 14.5 Å². The Morgan fingerprint density at radius 1 is 1.21 bits per heavy atom. The van der Waals surface area contributed by atoms with Crippen LogP contribution in [0.15, 0.2) is 10.9 Å². The second kappa shape index (κ2) is 8.17. The van der Waals surface area contributed by atoms with E-state index < -0.39 is 0 Å². The Kier molecular flexibility index (Phi) is 5.47. The van der Waals surface area contributed by atoms with E-state index in [-0.39, 0.29) is 23.9 Å². The highest BCUT2D eigenvalue weighted by Crippen LogP contribution is 2.26. The zero-order valence-corrected chi connectivity index (χ0v) is 16.2. The topological polar surface area (TPSA) is 113 Å². The van der Waals surface area contributed by atoms with Crippen LogP contribution >= 0.6 is 0 Å². The van der Waals surface area contributed by atoms with Gasteiger partial charge in [-0.2, -0.15) is 0 Å². The van der Waals surface area contributed by atoms with E-state index in [1.54, 1.807) is 17.7 Å². The zero-order chi connectivity index (χ0) is 19.5. The summed E-state index contributed by atoms with van der Waals surface area (Å²) in [5, 5.41) is 11.9. The molecule has 10 heteroatoms. The van der Waals surface area contributed by atoms with Crippen molar-refractivity contribution in [3.63, 3.8) is 0 Å². The van der Waals surface area contributed by atoms with E-state index in [1.807, 2.05) is 4.90 Å². The first kappa shape index (κ1) is 18.7.